The first-order valence-corrected chi connectivity index (χ1v) is 8.03. The van der Waals surface area contributed by atoms with E-state index in [0.29, 0.717) is 10.8 Å². The Labute approximate surface area is 125 Å². The molecule has 1 heterocycles. The van der Waals surface area contributed by atoms with E-state index < -0.39 is 12.1 Å². The van der Waals surface area contributed by atoms with Gasteiger partial charge in [-0.15, -0.1) is 11.3 Å². The SMILES string of the molecule is Cc1ccc(C(O)C(=O)OC2CC(C)CC(C)(C)C2)s1. The molecular weight excluding hydrogens is 272 g/mol. The molecule has 112 valence electrons. The minimum Gasteiger partial charge on any atom is -0.460 e. The van der Waals surface area contributed by atoms with Crippen molar-refractivity contribution in [1.29, 1.82) is 0 Å². The van der Waals surface area contributed by atoms with Crippen LogP contribution in [0.4, 0.5) is 0 Å². The van der Waals surface area contributed by atoms with Gasteiger partial charge in [0.15, 0.2) is 6.10 Å². The Morgan fingerprint density at radius 3 is 2.70 bits per heavy atom. The van der Waals surface area contributed by atoms with Crippen LogP contribution in [-0.4, -0.2) is 17.2 Å². The molecule has 1 aromatic heterocycles. The van der Waals surface area contributed by atoms with E-state index in [2.05, 4.69) is 20.8 Å². The highest BCUT2D eigenvalue weighted by molar-refractivity contribution is 7.12. The van der Waals surface area contributed by atoms with E-state index >= 15 is 0 Å². The summed E-state index contributed by atoms with van der Waals surface area (Å²) in [5.74, 6) is 0.0411. The summed E-state index contributed by atoms with van der Waals surface area (Å²) in [6.07, 6.45) is 1.71. The highest BCUT2D eigenvalue weighted by atomic mass is 32.1. The predicted octanol–water partition coefficient (Wildman–Crippen LogP) is 3.85. The van der Waals surface area contributed by atoms with E-state index in [1.54, 1.807) is 6.07 Å². The van der Waals surface area contributed by atoms with Crippen LogP contribution in [0.1, 0.15) is 55.9 Å². The van der Waals surface area contributed by atoms with E-state index in [1.165, 1.54) is 11.3 Å². The molecule has 0 aliphatic heterocycles. The fourth-order valence-electron chi connectivity index (χ4n) is 3.29. The summed E-state index contributed by atoms with van der Waals surface area (Å²) in [6.45, 7) is 8.57. The molecule has 0 radical (unpaired) electrons. The van der Waals surface area contributed by atoms with Crippen molar-refractivity contribution in [3.63, 3.8) is 0 Å². The van der Waals surface area contributed by atoms with Gasteiger partial charge in [0, 0.05) is 9.75 Å². The van der Waals surface area contributed by atoms with Gasteiger partial charge in [0.1, 0.15) is 6.10 Å². The van der Waals surface area contributed by atoms with Gasteiger partial charge in [-0.2, -0.15) is 0 Å². The summed E-state index contributed by atoms with van der Waals surface area (Å²) in [5.41, 5.74) is 0.201. The molecule has 1 aliphatic rings. The lowest BCUT2D eigenvalue weighted by atomic mass is 9.71. The highest BCUT2D eigenvalue weighted by Crippen LogP contribution is 2.40. The van der Waals surface area contributed by atoms with Gasteiger partial charge in [-0.25, -0.2) is 4.79 Å². The molecule has 0 aromatic carbocycles. The molecule has 1 N–H and O–H groups in total. The number of rotatable bonds is 3. The number of carbonyl (C=O) groups excluding carboxylic acids is 1. The summed E-state index contributed by atoms with van der Waals surface area (Å²) >= 11 is 1.44. The number of carbonyl (C=O) groups is 1. The third-order valence-corrected chi connectivity index (χ3v) is 4.94. The van der Waals surface area contributed by atoms with Gasteiger partial charge in [0.25, 0.3) is 0 Å². The number of esters is 1. The molecule has 4 heteroatoms. The lowest BCUT2D eigenvalue weighted by Gasteiger charge is -2.38. The molecule has 0 saturated heterocycles. The van der Waals surface area contributed by atoms with Crippen molar-refractivity contribution in [2.75, 3.05) is 0 Å². The fourth-order valence-corrected chi connectivity index (χ4v) is 4.15. The van der Waals surface area contributed by atoms with Crippen LogP contribution in [0, 0.1) is 18.3 Å². The summed E-state index contributed by atoms with van der Waals surface area (Å²) in [5, 5.41) is 10.1. The Bertz CT molecular complexity index is 478. The summed E-state index contributed by atoms with van der Waals surface area (Å²) < 4.78 is 5.54. The van der Waals surface area contributed by atoms with Crippen molar-refractivity contribution in [1.82, 2.24) is 0 Å². The first kappa shape index (κ1) is 15.5. The first-order chi connectivity index (χ1) is 9.27. The normalized spacial score (nSPS) is 27.1. The average Bonchev–Trinajstić information content (AvgIpc) is 2.71. The monoisotopic (exact) mass is 296 g/mol. The maximum atomic E-state index is 12.1. The quantitative estimate of drug-likeness (QED) is 0.862. The molecule has 1 aromatic rings. The topological polar surface area (TPSA) is 46.5 Å². The predicted molar refractivity (Wildman–Crippen MR) is 80.7 cm³/mol. The van der Waals surface area contributed by atoms with Crippen LogP contribution in [0.2, 0.25) is 0 Å². The maximum absolute atomic E-state index is 12.1. The first-order valence-electron chi connectivity index (χ1n) is 7.22. The van der Waals surface area contributed by atoms with Gasteiger partial charge in [-0.3, -0.25) is 0 Å². The van der Waals surface area contributed by atoms with Crippen LogP contribution in [0.15, 0.2) is 12.1 Å². The van der Waals surface area contributed by atoms with Crippen molar-refractivity contribution < 1.29 is 14.6 Å². The second-order valence-corrected chi connectivity index (χ2v) is 8.14. The van der Waals surface area contributed by atoms with Crippen LogP contribution in [-0.2, 0) is 9.53 Å². The summed E-state index contributed by atoms with van der Waals surface area (Å²) in [4.78, 5) is 13.8. The van der Waals surface area contributed by atoms with Crippen molar-refractivity contribution in [2.45, 2.75) is 59.2 Å². The van der Waals surface area contributed by atoms with Gasteiger partial charge in [0.2, 0.25) is 0 Å². The van der Waals surface area contributed by atoms with Crippen LogP contribution < -0.4 is 0 Å². The standard InChI is InChI=1S/C16H24O3S/c1-10-7-12(9-16(3,4)8-10)19-15(18)14(17)13-6-5-11(2)20-13/h5-6,10,12,14,17H,7-9H2,1-4H3. The molecule has 1 fully saturated rings. The zero-order valence-electron chi connectivity index (χ0n) is 12.7. The summed E-state index contributed by atoms with van der Waals surface area (Å²) in [6, 6.07) is 3.70. The second kappa shape index (κ2) is 5.86. The Hall–Kier alpha value is -0.870. The van der Waals surface area contributed by atoms with E-state index in [0.717, 1.165) is 24.1 Å². The Kier molecular flexibility index (Phi) is 4.55. The molecule has 3 nitrogen and oxygen atoms in total. The smallest absolute Gasteiger partial charge is 0.340 e. The van der Waals surface area contributed by atoms with Gasteiger partial charge in [-0.05, 0) is 49.7 Å². The fraction of sp³-hybridized carbons (Fsp3) is 0.688. The average molecular weight is 296 g/mol. The van der Waals surface area contributed by atoms with Crippen molar-refractivity contribution in [3.05, 3.63) is 21.9 Å². The lowest BCUT2D eigenvalue weighted by molar-refractivity contribution is -0.163. The Morgan fingerprint density at radius 1 is 1.45 bits per heavy atom. The second-order valence-electron chi connectivity index (χ2n) is 6.82. The van der Waals surface area contributed by atoms with Crippen LogP contribution in [0.3, 0.4) is 0 Å². The van der Waals surface area contributed by atoms with Crippen molar-refractivity contribution in [3.8, 4) is 0 Å². The number of thiophene rings is 1. The number of aliphatic hydroxyl groups excluding tert-OH is 1. The number of aryl methyl sites for hydroxylation is 1. The Balaban J connectivity index is 1.97. The van der Waals surface area contributed by atoms with Crippen molar-refractivity contribution >= 4 is 17.3 Å². The lowest BCUT2D eigenvalue weighted by Crippen LogP contribution is -2.35. The minimum absolute atomic E-state index is 0.0723. The summed E-state index contributed by atoms with van der Waals surface area (Å²) in [7, 11) is 0. The van der Waals surface area contributed by atoms with Crippen molar-refractivity contribution in [2.24, 2.45) is 11.3 Å². The van der Waals surface area contributed by atoms with Gasteiger partial charge in [0.05, 0.1) is 0 Å². The third kappa shape index (κ3) is 3.83. The molecular formula is C16H24O3S. The Morgan fingerprint density at radius 2 is 2.15 bits per heavy atom. The van der Waals surface area contributed by atoms with Gasteiger partial charge < -0.3 is 9.84 Å². The molecule has 3 unspecified atom stereocenters. The number of aliphatic hydroxyl groups is 1. The number of hydrogen-bond donors (Lipinski definition) is 1. The third-order valence-electron chi connectivity index (χ3n) is 3.88. The zero-order chi connectivity index (χ0) is 14.9. The van der Waals surface area contributed by atoms with Crippen LogP contribution >= 0.6 is 11.3 Å². The number of ether oxygens (including phenoxy) is 1. The van der Waals surface area contributed by atoms with E-state index in [9.17, 15) is 9.90 Å². The molecule has 3 atom stereocenters. The van der Waals surface area contributed by atoms with Crippen LogP contribution in [0.25, 0.3) is 0 Å². The van der Waals surface area contributed by atoms with Gasteiger partial charge >= 0.3 is 5.97 Å². The van der Waals surface area contributed by atoms with E-state index in [4.69, 9.17) is 4.74 Å². The highest BCUT2D eigenvalue weighted by Gasteiger charge is 2.35. The van der Waals surface area contributed by atoms with E-state index in [-0.39, 0.29) is 11.5 Å². The molecule has 1 aliphatic carbocycles. The molecule has 2 rings (SSSR count). The molecule has 0 amide bonds. The molecule has 0 spiro atoms. The molecule has 20 heavy (non-hydrogen) atoms. The molecule has 0 bridgehead atoms. The number of hydrogen-bond acceptors (Lipinski definition) is 4. The maximum Gasteiger partial charge on any atom is 0.340 e. The minimum atomic E-state index is -1.14. The molecule has 1 saturated carbocycles. The van der Waals surface area contributed by atoms with Crippen LogP contribution in [0.5, 0.6) is 0 Å². The zero-order valence-corrected chi connectivity index (χ0v) is 13.5. The van der Waals surface area contributed by atoms with Gasteiger partial charge in [-0.1, -0.05) is 20.8 Å². The van der Waals surface area contributed by atoms with E-state index in [1.807, 2.05) is 13.0 Å². The largest absolute Gasteiger partial charge is 0.460 e.